The Morgan fingerprint density at radius 2 is 1.35 bits per heavy atom. The first kappa shape index (κ1) is 16.4. The third kappa shape index (κ3) is 15.4. The minimum absolute atomic E-state index is 0.359. The Kier molecular flexibility index (Phi) is 13.1. The lowest BCUT2D eigenvalue weighted by molar-refractivity contribution is 0.282. The molecule has 100 valence electrons. The normalized spacial score (nSPS) is 11.0. The van der Waals surface area contributed by atoms with Gasteiger partial charge in [-0.25, -0.2) is 0 Å². The summed E-state index contributed by atoms with van der Waals surface area (Å²) in [6, 6.07) is 0. The van der Waals surface area contributed by atoms with Crippen LogP contribution in [0, 0.1) is 0 Å². The lowest BCUT2D eigenvalue weighted by atomic mass is 10.1. The van der Waals surface area contributed by atoms with Crippen molar-refractivity contribution in [1.29, 1.82) is 0 Å². The highest BCUT2D eigenvalue weighted by Gasteiger charge is 1.91. The molecule has 0 amide bonds. The largest absolute Gasteiger partial charge is 0.396 e. The minimum Gasteiger partial charge on any atom is -0.396 e. The fraction of sp³-hybridized carbons (Fsp3) is 0.750. The third-order valence-corrected chi connectivity index (χ3v) is 2.84. The number of rotatable bonds is 11. The Morgan fingerprint density at radius 1 is 0.824 bits per heavy atom. The average molecular weight is 238 g/mol. The lowest BCUT2D eigenvalue weighted by Crippen LogP contribution is -1.84. The average Bonchev–Trinajstić information content (AvgIpc) is 2.30. The summed E-state index contributed by atoms with van der Waals surface area (Å²) in [5.41, 5.74) is 1.36. The van der Waals surface area contributed by atoms with Crippen LogP contribution in [0.25, 0.3) is 0 Å². The fourth-order valence-corrected chi connectivity index (χ4v) is 1.79. The van der Waals surface area contributed by atoms with Gasteiger partial charge in [0.25, 0.3) is 0 Å². The lowest BCUT2D eigenvalue weighted by Gasteiger charge is -2.00. The van der Waals surface area contributed by atoms with Crippen molar-refractivity contribution in [2.45, 2.75) is 71.6 Å². The van der Waals surface area contributed by atoms with E-state index in [-0.39, 0.29) is 0 Å². The van der Waals surface area contributed by atoms with Gasteiger partial charge in [0.05, 0.1) is 0 Å². The minimum atomic E-state index is 0.359. The molecule has 0 heterocycles. The molecular formula is C16H30O. The molecule has 0 atom stereocenters. The van der Waals surface area contributed by atoms with Gasteiger partial charge >= 0.3 is 0 Å². The first-order valence-electron chi connectivity index (χ1n) is 7.18. The van der Waals surface area contributed by atoms with Crippen molar-refractivity contribution in [3.63, 3.8) is 0 Å². The summed E-state index contributed by atoms with van der Waals surface area (Å²) in [6.45, 7) is 4.61. The maximum Gasteiger partial charge on any atom is 0.0431 e. The summed E-state index contributed by atoms with van der Waals surface area (Å²) >= 11 is 0. The summed E-state index contributed by atoms with van der Waals surface area (Å²) in [6.07, 6.45) is 18.1. The maximum absolute atomic E-state index is 8.63. The van der Waals surface area contributed by atoms with Crippen LogP contribution >= 0.6 is 0 Å². The van der Waals surface area contributed by atoms with Crippen LogP contribution in [0.4, 0.5) is 0 Å². The predicted octanol–water partition coefficient (Wildman–Crippen LogP) is 5.01. The Hall–Kier alpha value is -0.560. The highest BCUT2D eigenvalue weighted by atomic mass is 16.2. The molecule has 1 N–H and O–H groups in total. The molecule has 0 rings (SSSR count). The Bertz CT molecular complexity index is 200. The van der Waals surface area contributed by atoms with Crippen LogP contribution in [-0.4, -0.2) is 11.7 Å². The molecular weight excluding hydrogens is 208 g/mol. The number of allylic oxidation sites excluding steroid dienone is 4. The van der Waals surface area contributed by atoms with Gasteiger partial charge in [0.2, 0.25) is 0 Å². The standard InChI is InChI=1S/C16H30O/c1-16(2)14-12-10-8-6-4-3-5-7-9-11-13-15-17/h10,12,14,17H,3-9,11,13,15H2,1-2H3/b12-10+. The van der Waals surface area contributed by atoms with Crippen molar-refractivity contribution in [2.24, 2.45) is 0 Å². The monoisotopic (exact) mass is 238 g/mol. The number of aliphatic hydroxyl groups excluding tert-OH is 1. The van der Waals surface area contributed by atoms with Gasteiger partial charge in [-0.3, -0.25) is 0 Å². The van der Waals surface area contributed by atoms with Crippen LogP contribution in [0.3, 0.4) is 0 Å². The van der Waals surface area contributed by atoms with E-state index in [1.165, 1.54) is 56.9 Å². The van der Waals surface area contributed by atoms with E-state index in [9.17, 15) is 0 Å². The van der Waals surface area contributed by atoms with E-state index in [2.05, 4.69) is 32.1 Å². The van der Waals surface area contributed by atoms with Gasteiger partial charge in [0.15, 0.2) is 0 Å². The second kappa shape index (κ2) is 13.5. The molecule has 0 aromatic carbocycles. The van der Waals surface area contributed by atoms with Crippen molar-refractivity contribution < 1.29 is 5.11 Å². The van der Waals surface area contributed by atoms with Crippen molar-refractivity contribution in [2.75, 3.05) is 6.61 Å². The first-order valence-corrected chi connectivity index (χ1v) is 7.18. The molecule has 0 unspecified atom stereocenters. The Labute approximate surface area is 108 Å². The Morgan fingerprint density at radius 3 is 1.88 bits per heavy atom. The van der Waals surface area contributed by atoms with E-state index in [0.29, 0.717) is 6.61 Å². The molecule has 0 radical (unpaired) electrons. The summed E-state index contributed by atoms with van der Waals surface area (Å²) in [7, 11) is 0. The van der Waals surface area contributed by atoms with Crippen molar-refractivity contribution in [3.05, 3.63) is 23.8 Å². The fourth-order valence-electron chi connectivity index (χ4n) is 1.79. The van der Waals surface area contributed by atoms with E-state index in [0.717, 1.165) is 6.42 Å². The highest BCUT2D eigenvalue weighted by molar-refractivity contribution is 5.07. The molecule has 0 saturated heterocycles. The maximum atomic E-state index is 8.63. The van der Waals surface area contributed by atoms with Crippen LogP contribution < -0.4 is 0 Å². The van der Waals surface area contributed by atoms with Gasteiger partial charge in [-0.1, -0.05) is 62.3 Å². The molecule has 0 saturated carbocycles. The van der Waals surface area contributed by atoms with E-state index < -0.39 is 0 Å². The topological polar surface area (TPSA) is 20.2 Å². The van der Waals surface area contributed by atoms with Crippen LogP contribution in [0.15, 0.2) is 23.8 Å². The van der Waals surface area contributed by atoms with Crippen LogP contribution in [0.1, 0.15) is 71.6 Å². The van der Waals surface area contributed by atoms with E-state index in [1.807, 2.05) is 0 Å². The van der Waals surface area contributed by atoms with Crippen molar-refractivity contribution in [1.82, 2.24) is 0 Å². The molecule has 0 bridgehead atoms. The SMILES string of the molecule is CC(C)=C/C=C/CCCCCCCCCCO. The summed E-state index contributed by atoms with van der Waals surface area (Å²) < 4.78 is 0. The van der Waals surface area contributed by atoms with Gasteiger partial charge in [0, 0.05) is 6.61 Å². The molecule has 0 aliphatic heterocycles. The molecule has 0 fully saturated rings. The highest BCUT2D eigenvalue weighted by Crippen LogP contribution is 2.09. The van der Waals surface area contributed by atoms with Gasteiger partial charge in [-0.05, 0) is 33.1 Å². The molecule has 0 aliphatic rings. The van der Waals surface area contributed by atoms with E-state index in [1.54, 1.807) is 0 Å². The second-order valence-corrected chi connectivity index (χ2v) is 5.01. The number of hydrogen-bond acceptors (Lipinski definition) is 1. The zero-order valence-corrected chi connectivity index (χ0v) is 11.8. The molecule has 1 heteroatoms. The predicted molar refractivity (Wildman–Crippen MR) is 77.2 cm³/mol. The molecule has 0 aromatic heterocycles. The van der Waals surface area contributed by atoms with Crippen LogP contribution in [-0.2, 0) is 0 Å². The summed E-state index contributed by atoms with van der Waals surface area (Å²) in [5.74, 6) is 0. The molecule has 0 aliphatic carbocycles. The second-order valence-electron chi connectivity index (χ2n) is 5.01. The van der Waals surface area contributed by atoms with Gasteiger partial charge in [-0.15, -0.1) is 0 Å². The number of hydrogen-bond donors (Lipinski definition) is 1. The zero-order valence-electron chi connectivity index (χ0n) is 11.8. The quantitative estimate of drug-likeness (QED) is 0.396. The van der Waals surface area contributed by atoms with Gasteiger partial charge in [-0.2, -0.15) is 0 Å². The van der Waals surface area contributed by atoms with Crippen LogP contribution in [0.2, 0.25) is 0 Å². The molecule has 0 spiro atoms. The zero-order chi connectivity index (χ0) is 12.8. The molecule has 1 nitrogen and oxygen atoms in total. The number of aliphatic hydroxyl groups is 1. The third-order valence-electron chi connectivity index (χ3n) is 2.84. The molecule has 17 heavy (non-hydrogen) atoms. The van der Waals surface area contributed by atoms with Gasteiger partial charge < -0.3 is 5.11 Å². The van der Waals surface area contributed by atoms with E-state index in [4.69, 9.17) is 5.11 Å². The van der Waals surface area contributed by atoms with E-state index >= 15 is 0 Å². The first-order chi connectivity index (χ1) is 8.27. The summed E-state index contributed by atoms with van der Waals surface area (Å²) in [5, 5.41) is 8.63. The smallest absolute Gasteiger partial charge is 0.0431 e. The van der Waals surface area contributed by atoms with Crippen molar-refractivity contribution >= 4 is 0 Å². The number of unbranched alkanes of at least 4 members (excludes halogenated alkanes) is 8. The molecule has 0 aromatic rings. The van der Waals surface area contributed by atoms with Gasteiger partial charge in [0.1, 0.15) is 0 Å². The van der Waals surface area contributed by atoms with Crippen molar-refractivity contribution in [3.8, 4) is 0 Å². The summed E-state index contributed by atoms with van der Waals surface area (Å²) in [4.78, 5) is 0. The Balaban J connectivity index is 3.08. The van der Waals surface area contributed by atoms with Crippen LogP contribution in [0.5, 0.6) is 0 Å².